The van der Waals surface area contributed by atoms with Crippen molar-refractivity contribution >= 4 is 17.5 Å². The van der Waals surface area contributed by atoms with Crippen LogP contribution in [0.25, 0.3) is 11.1 Å². The van der Waals surface area contributed by atoms with Crippen molar-refractivity contribution in [2.75, 3.05) is 18.4 Å². The molecule has 0 radical (unpaired) electrons. The fraction of sp³-hybridized carbons (Fsp3) is 0.286. The summed E-state index contributed by atoms with van der Waals surface area (Å²) in [6.45, 7) is 3.68. The first-order valence-corrected chi connectivity index (χ1v) is 11.8. The van der Waals surface area contributed by atoms with Crippen LogP contribution in [0.3, 0.4) is 0 Å². The highest BCUT2D eigenvalue weighted by Crippen LogP contribution is 2.33. The molecule has 0 spiro atoms. The summed E-state index contributed by atoms with van der Waals surface area (Å²) in [5.41, 5.74) is 5.49. The first-order valence-electron chi connectivity index (χ1n) is 11.8. The Morgan fingerprint density at radius 3 is 2.59 bits per heavy atom. The van der Waals surface area contributed by atoms with Crippen molar-refractivity contribution in [2.45, 2.75) is 38.3 Å². The Hall–Kier alpha value is -3.51. The summed E-state index contributed by atoms with van der Waals surface area (Å²) in [7, 11) is 0. The lowest BCUT2D eigenvalue weighted by molar-refractivity contribution is -0.126. The van der Waals surface area contributed by atoms with Gasteiger partial charge in [-0.15, -0.1) is 0 Å². The number of amides is 2. The Labute approximate surface area is 199 Å². The highest BCUT2D eigenvalue weighted by atomic mass is 19.1. The van der Waals surface area contributed by atoms with E-state index in [-0.39, 0.29) is 18.2 Å². The number of halogens is 1. The molecule has 5 nitrogen and oxygen atoms in total. The summed E-state index contributed by atoms with van der Waals surface area (Å²) >= 11 is 0. The van der Waals surface area contributed by atoms with Gasteiger partial charge in [0.2, 0.25) is 11.8 Å². The largest absolute Gasteiger partial charge is 0.351 e. The molecule has 5 rings (SSSR count). The molecule has 1 saturated heterocycles. The van der Waals surface area contributed by atoms with E-state index in [1.165, 1.54) is 43.6 Å². The van der Waals surface area contributed by atoms with Crippen LogP contribution in [0.2, 0.25) is 0 Å². The number of carbonyl (C=O) groups is 2. The van der Waals surface area contributed by atoms with Crippen molar-refractivity contribution in [3.63, 3.8) is 0 Å². The molecule has 3 aromatic carbocycles. The molecular weight excluding hydrogens is 429 g/mol. The summed E-state index contributed by atoms with van der Waals surface area (Å²) in [4.78, 5) is 27.6. The number of benzene rings is 3. The number of rotatable bonds is 6. The van der Waals surface area contributed by atoms with Gasteiger partial charge in [-0.2, -0.15) is 0 Å². The third-order valence-corrected chi connectivity index (χ3v) is 6.71. The van der Waals surface area contributed by atoms with Gasteiger partial charge < -0.3 is 10.6 Å². The van der Waals surface area contributed by atoms with Crippen LogP contribution >= 0.6 is 0 Å². The zero-order valence-corrected chi connectivity index (χ0v) is 19.0. The van der Waals surface area contributed by atoms with Crippen LogP contribution in [-0.4, -0.2) is 29.8 Å². The van der Waals surface area contributed by atoms with Gasteiger partial charge in [-0.3, -0.25) is 14.5 Å². The Bertz CT molecular complexity index is 1200. The van der Waals surface area contributed by atoms with Crippen molar-refractivity contribution in [1.29, 1.82) is 0 Å². The number of nitrogens with zero attached hydrogens (tertiary/aromatic N) is 1. The summed E-state index contributed by atoms with van der Waals surface area (Å²) in [5.74, 6) is -1.60. The zero-order valence-electron chi connectivity index (χ0n) is 19.0. The van der Waals surface area contributed by atoms with Crippen LogP contribution < -0.4 is 10.6 Å². The second-order valence-corrected chi connectivity index (χ2v) is 9.09. The standard InChI is InChI=1S/C28H28FN3O2/c29-22-11-12-24-25(16-27(33)31-26(24)15-22)28(34)30-17-21-5-1-2-6-23(21)20-9-7-19(8-10-20)18-32-13-3-4-14-32/h1-2,5-12,15,25H,3-4,13-14,16-18H2,(H,30,34)(H,31,33)/t25-/m0/s1. The van der Waals surface area contributed by atoms with Crippen LogP contribution in [0.4, 0.5) is 10.1 Å². The predicted molar refractivity (Wildman–Crippen MR) is 131 cm³/mol. The van der Waals surface area contributed by atoms with E-state index in [0.29, 0.717) is 17.8 Å². The van der Waals surface area contributed by atoms with Gasteiger partial charge in [-0.1, -0.05) is 54.6 Å². The van der Waals surface area contributed by atoms with E-state index in [2.05, 4.69) is 45.9 Å². The Balaban J connectivity index is 1.29. The molecule has 2 amide bonds. The van der Waals surface area contributed by atoms with Gasteiger partial charge in [-0.05, 0) is 65.9 Å². The molecule has 0 saturated carbocycles. The van der Waals surface area contributed by atoms with Crippen LogP contribution in [0, 0.1) is 5.82 Å². The number of hydrogen-bond acceptors (Lipinski definition) is 3. The SMILES string of the molecule is O=C1C[C@H](C(=O)NCc2ccccc2-c2ccc(CN3CCCC3)cc2)c2ccc(F)cc2N1. The molecule has 1 atom stereocenters. The van der Waals surface area contributed by atoms with E-state index in [1.54, 1.807) is 6.07 Å². The molecule has 6 heteroatoms. The number of hydrogen-bond donors (Lipinski definition) is 2. The molecule has 0 aliphatic carbocycles. The lowest BCUT2D eigenvalue weighted by Crippen LogP contribution is -2.34. The number of likely N-dealkylation sites (tertiary alicyclic amines) is 1. The molecule has 0 aromatic heterocycles. The van der Waals surface area contributed by atoms with E-state index in [4.69, 9.17) is 0 Å². The molecule has 0 bridgehead atoms. The average molecular weight is 458 g/mol. The monoisotopic (exact) mass is 457 g/mol. The van der Waals surface area contributed by atoms with Gasteiger partial charge in [0.15, 0.2) is 0 Å². The first kappa shape index (κ1) is 22.3. The molecule has 2 aliphatic rings. The Morgan fingerprint density at radius 2 is 1.79 bits per heavy atom. The topological polar surface area (TPSA) is 61.4 Å². The highest BCUT2D eigenvalue weighted by molar-refractivity contribution is 6.01. The first-order chi connectivity index (χ1) is 16.6. The minimum atomic E-state index is -0.638. The van der Waals surface area contributed by atoms with Gasteiger partial charge in [0, 0.05) is 25.2 Å². The minimum absolute atomic E-state index is 0.0462. The third-order valence-electron chi connectivity index (χ3n) is 6.71. The number of nitrogens with one attached hydrogen (secondary N) is 2. The summed E-state index contributed by atoms with van der Waals surface area (Å²) < 4.78 is 13.6. The second-order valence-electron chi connectivity index (χ2n) is 9.09. The van der Waals surface area contributed by atoms with Crippen LogP contribution in [0.1, 0.15) is 41.9 Å². The average Bonchev–Trinajstić information content (AvgIpc) is 3.35. The maximum Gasteiger partial charge on any atom is 0.228 e. The third kappa shape index (κ3) is 4.87. The van der Waals surface area contributed by atoms with Crippen molar-refractivity contribution in [3.05, 3.63) is 89.2 Å². The van der Waals surface area contributed by atoms with Gasteiger partial charge in [0.1, 0.15) is 5.82 Å². The van der Waals surface area contributed by atoms with E-state index >= 15 is 0 Å². The maximum atomic E-state index is 13.6. The molecular formula is C28H28FN3O2. The quantitative estimate of drug-likeness (QED) is 0.557. The lowest BCUT2D eigenvalue weighted by Gasteiger charge is -2.25. The summed E-state index contributed by atoms with van der Waals surface area (Å²) in [5, 5.41) is 5.65. The number of anilines is 1. The Morgan fingerprint density at radius 1 is 1.03 bits per heavy atom. The van der Waals surface area contributed by atoms with E-state index in [0.717, 1.165) is 23.2 Å². The van der Waals surface area contributed by atoms with E-state index in [9.17, 15) is 14.0 Å². The minimum Gasteiger partial charge on any atom is -0.351 e. The van der Waals surface area contributed by atoms with Crippen LogP contribution in [-0.2, 0) is 22.7 Å². The molecule has 2 N–H and O–H groups in total. The zero-order chi connectivity index (χ0) is 23.5. The molecule has 0 unspecified atom stereocenters. The fourth-order valence-corrected chi connectivity index (χ4v) is 4.92. The van der Waals surface area contributed by atoms with E-state index < -0.39 is 11.7 Å². The van der Waals surface area contributed by atoms with Crippen molar-refractivity contribution in [1.82, 2.24) is 10.2 Å². The van der Waals surface area contributed by atoms with E-state index in [1.807, 2.05) is 18.2 Å². The maximum absolute atomic E-state index is 13.6. The van der Waals surface area contributed by atoms with Crippen molar-refractivity contribution in [3.8, 4) is 11.1 Å². The van der Waals surface area contributed by atoms with Crippen LogP contribution in [0.5, 0.6) is 0 Å². The highest BCUT2D eigenvalue weighted by Gasteiger charge is 2.30. The summed E-state index contributed by atoms with van der Waals surface area (Å²) in [6, 6.07) is 20.8. The smallest absolute Gasteiger partial charge is 0.228 e. The van der Waals surface area contributed by atoms with Crippen molar-refractivity contribution < 1.29 is 14.0 Å². The molecule has 3 aromatic rings. The molecule has 2 aliphatic heterocycles. The van der Waals surface area contributed by atoms with Crippen molar-refractivity contribution in [2.24, 2.45) is 0 Å². The van der Waals surface area contributed by atoms with Crippen LogP contribution in [0.15, 0.2) is 66.7 Å². The Kier molecular flexibility index (Phi) is 6.41. The van der Waals surface area contributed by atoms with Gasteiger partial charge in [-0.25, -0.2) is 4.39 Å². The molecule has 174 valence electrons. The fourth-order valence-electron chi connectivity index (χ4n) is 4.92. The van der Waals surface area contributed by atoms with Gasteiger partial charge >= 0.3 is 0 Å². The molecule has 34 heavy (non-hydrogen) atoms. The number of carbonyl (C=O) groups excluding carboxylic acids is 2. The van der Waals surface area contributed by atoms with Gasteiger partial charge in [0.25, 0.3) is 0 Å². The van der Waals surface area contributed by atoms with Gasteiger partial charge in [0.05, 0.1) is 5.92 Å². The molecule has 2 heterocycles. The normalized spacial score (nSPS) is 17.8. The lowest BCUT2D eigenvalue weighted by atomic mass is 9.89. The summed E-state index contributed by atoms with van der Waals surface area (Å²) in [6.07, 6.45) is 2.61. The molecule has 1 fully saturated rings. The predicted octanol–water partition coefficient (Wildman–Crippen LogP) is 4.83. The second kappa shape index (κ2) is 9.77. The number of fused-ring (bicyclic) bond motifs is 1.